The van der Waals surface area contributed by atoms with Crippen LogP contribution >= 0.6 is 23.4 Å². The number of fused-ring (bicyclic) bond motifs is 1. The third-order valence-electron chi connectivity index (χ3n) is 5.65. The Morgan fingerprint density at radius 3 is 2.61 bits per heavy atom. The zero-order valence-corrected chi connectivity index (χ0v) is 18.3. The van der Waals surface area contributed by atoms with Crippen molar-refractivity contribution in [1.29, 1.82) is 0 Å². The van der Waals surface area contributed by atoms with Gasteiger partial charge in [0.05, 0.1) is 11.0 Å². The van der Waals surface area contributed by atoms with Crippen molar-refractivity contribution in [3.05, 3.63) is 59.1 Å². The zero-order valence-electron chi connectivity index (χ0n) is 16.7. The molecule has 1 saturated heterocycles. The summed E-state index contributed by atoms with van der Waals surface area (Å²) in [6.45, 7) is 1.57. The molecule has 9 heteroatoms. The lowest BCUT2D eigenvalue weighted by atomic mass is 9.74. The van der Waals surface area contributed by atoms with Crippen LogP contribution in [0.1, 0.15) is 18.4 Å². The monoisotopic (exact) mass is 465 g/mol. The van der Waals surface area contributed by atoms with Crippen molar-refractivity contribution in [1.82, 2.24) is 14.9 Å². The third-order valence-corrected chi connectivity index (χ3v) is 6.60. The fourth-order valence-corrected chi connectivity index (χ4v) is 4.70. The topological polar surface area (TPSA) is 56.2 Å². The molecule has 0 atom stereocenters. The van der Waals surface area contributed by atoms with Gasteiger partial charge in [0.1, 0.15) is 6.54 Å². The van der Waals surface area contributed by atoms with E-state index in [1.165, 1.54) is 0 Å². The predicted octanol–water partition coefficient (Wildman–Crippen LogP) is 4.87. The lowest BCUT2D eigenvalue weighted by molar-refractivity contribution is -0.122. The number of hydrogen-bond acceptors (Lipinski definition) is 4. The molecular weight excluding hydrogens is 444 g/mol. The van der Waals surface area contributed by atoms with Gasteiger partial charge in [0.25, 0.3) is 5.76 Å². The summed E-state index contributed by atoms with van der Waals surface area (Å²) in [5.41, 5.74) is 2.08. The number of nitrogens with one attached hydrogen (secondary N) is 1. The molecule has 0 aliphatic carbocycles. The summed E-state index contributed by atoms with van der Waals surface area (Å²) in [6, 6.07) is 14.8. The summed E-state index contributed by atoms with van der Waals surface area (Å²) < 4.78 is 33.1. The van der Waals surface area contributed by atoms with E-state index in [4.69, 9.17) is 16.3 Å². The molecule has 2 heterocycles. The Morgan fingerprint density at radius 1 is 1.19 bits per heavy atom. The van der Waals surface area contributed by atoms with E-state index in [0.29, 0.717) is 47.6 Å². The number of nitrogens with zero attached hydrogens (tertiary/aromatic N) is 2. The maximum atomic E-state index is 13.0. The summed E-state index contributed by atoms with van der Waals surface area (Å²) in [5.74, 6) is -2.87. The zero-order chi connectivity index (χ0) is 21.8. The first-order valence-corrected chi connectivity index (χ1v) is 11.2. The van der Waals surface area contributed by atoms with Gasteiger partial charge in [-0.15, -0.1) is 0 Å². The number of imidazole rings is 1. The smallest absolute Gasteiger partial charge is 0.291 e. The van der Waals surface area contributed by atoms with E-state index in [1.807, 2.05) is 24.3 Å². The lowest BCUT2D eigenvalue weighted by Crippen LogP contribution is -2.45. The van der Waals surface area contributed by atoms with Crippen LogP contribution in [0.25, 0.3) is 11.0 Å². The Kier molecular flexibility index (Phi) is 6.79. The van der Waals surface area contributed by atoms with Crippen molar-refractivity contribution in [3.63, 3.8) is 0 Å². The van der Waals surface area contributed by atoms with Crippen LogP contribution in [-0.4, -0.2) is 41.0 Å². The van der Waals surface area contributed by atoms with E-state index in [1.54, 1.807) is 28.8 Å². The van der Waals surface area contributed by atoms with Crippen LogP contribution < -0.4 is 5.32 Å². The quantitative estimate of drug-likeness (QED) is 0.506. The van der Waals surface area contributed by atoms with Crippen LogP contribution in [0.2, 0.25) is 5.02 Å². The highest BCUT2D eigenvalue weighted by Crippen LogP contribution is 2.35. The van der Waals surface area contributed by atoms with Gasteiger partial charge in [-0.2, -0.15) is 8.78 Å². The van der Waals surface area contributed by atoms with E-state index in [9.17, 15) is 13.6 Å². The molecule has 164 valence electrons. The second-order valence-corrected chi connectivity index (χ2v) is 8.92. The van der Waals surface area contributed by atoms with Gasteiger partial charge in [0, 0.05) is 30.2 Å². The minimum absolute atomic E-state index is 0.0806. The normalized spacial score (nSPS) is 16.0. The molecule has 0 saturated carbocycles. The molecule has 5 nitrogen and oxygen atoms in total. The molecular formula is C22H22ClF2N3O2S. The number of aromatic nitrogens is 2. The maximum absolute atomic E-state index is 13.0. The summed E-state index contributed by atoms with van der Waals surface area (Å²) in [5, 5.41) is 3.80. The number of carbonyl (C=O) groups excluding carboxylic acids is 1. The van der Waals surface area contributed by atoms with Crippen molar-refractivity contribution in [2.75, 3.05) is 19.8 Å². The molecule has 0 spiro atoms. The minimum Gasteiger partial charge on any atom is -0.381 e. The summed E-state index contributed by atoms with van der Waals surface area (Å²) in [7, 11) is 0. The molecule has 31 heavy (non-hydrogen) atoms. The number of amides is 1. The number of para-hydroxylation sites is 2. The van der Waals surface area contributed by atoms with Crippen LogP contribution in [-0.2, 0) is 21.5 Å². The number of halogens is 3. The molecule has 3 aromatic rings. The summed E-state index contributed by atoms with van der Waals surface area (Å²) in [6.07, 6.45) is 1.55. The van der Waals surface area contributed by atoms with Gasteiger partial charge in [0.2, 0.25) is 5.91 Å². The van der Waals surface area contributed by atoms with Crippen LogP contribution in [0.5, 0.6) is 0 Å². The molecule has 0 radical (unpaired) electrons. The van der Waals surface area contributed by atoms with Crippen molar-refractivity contribution >= 4 is 40.3 Å². The Bertz CT molecular complexity index is 1050. The number of ether oxygens (including phenoxy) is 1. The second kappa shape index (κ2) is 9.54. The van der Waals surface area contributed by atoms with E-state index in [2.05, 4.69) is 10.3 Å². The lowest BCUT2D eigenvalue weighted by Gasteiger charge is -2.38. The first-order chi connectivity index (χ1) is 15.0. The van der Waals surface area contributed by atoms with E-state index < -0.39 is 5.76 Å². The van der Waals surface area contributed by atoms with Crippen molar-refractivity contribution in [3.8, 4) is 0 Å². The molecule has 0 bridgehead atoms. The molecule has 0 unspecified atom stereocenters. The average molecular weight is 466 g/mol. The van der Waals surface area contributed by atoms with Gasteiger partial charge >= 0.3 is 0 Å². The highest BCUT2D eigenvalue weighted by atomic mass is 35.5. The largest absolute Gasteiger partial charge is 0.381 e. The van der Waals surface area contributed by atoms with Gasteiger partial charge in [-0.05, 0) is 54.4 Å². The SMILES string of the molecule is O=C(Cn1c(SC(F)F)nc2ccccc21)NCC1(c2ccc(Cl)cc2)CCOCC1. The Labute approximate surface area is 188 Å². The first kappa shape index (κ1) is 22.0. The van der Waals surface area contributed by atoms with Gasteiger partial charge < -0.3 is 14.6 Å². The van der Waals surface area contributed by atoms with Crippen LogP contribution in [0.3, 0.4) is 0 Å². The highest BCUT2D eigenvalue weighted by molar-refractivity contribution is 7.99. The van der Waals surface area contributed by atoms with Gasteiger partial charge in [-0.25, -0.2) is 4.98 Å². The minimum atomic E-state index is -2.62. The van der Waals surface area contributed by atoms with Crippen molar-refractivity contribution in [2.24, 2.45) is 0 Å². The molecule has 1 amide bonds. The fourth-order valence-electron chi connectivity index (χ4n) is 3.98. The standard InChI is InChI=1S/C22H22ClF2N3O2S/c23-16-7-5-15(6-8-16)22(9-11-30-12-10-22)14-26-19(29)13-28-18-4-2-1-3-17(18)27-21(28)31-20(24)25/h1-8,20H,9-14H2,(H,26,29). The molecule has 1 aliphatic heterocycles. The molecule has 1 aliphatic rings. The Balaban J connectivity index is 1.52. The molecule has 4 rings (SSSR count). The highest BCUT2D eigenvalue weighted by Gasteiger charge is 2.35. The van der Waals surface area contributed by atoms with Gasteiger partial charge in [0.15, 0.2) is 5.16 Å². The number of thioether (sulfide) groups is 1. The van der Waals surface area contributed by atoms with Crippen LogP contribution in [0.15, 0.2) is 53.7 Å². The first-order valence-electron chi connectivity index (χ1n) is 9.97. The molecule has 1 fully saturated rings. The second-order valence-electron chi connectivity index (χ2n) is 7.52. The van der Waals surface area contributed by atoms with Gasteiger partial charge in [-0.3, -0.25) is 4.79 Å². The maximum Gasteiger partial charge on any atom is 0.291 e. The number of alkyl halides is 2. The number of benzene rings is 2. The summed E-state index contributed by atoms with van der Waals surface area (Å²) >= 11 is 6.39. The third kappa shape index (κ3) is 5.02. The molecule has 2 aromatic carbocycles. The van der Waals surface area contributed by atoms with Crippen molar-refractivity contribution in [2.45, 2.75) is 35.7 Å². The van der Waals surface area contributed by atoms with E-state index >= 15 is 0 Å². The number of rotatable bonds is 7. The fraction of sp³-hybridized carbons (Fsp3) is 0.364. The van der Waals surface area contributed by atoms with Gasteiger partial charge in [-0.1, -0.05) is 35.9 Å². The Hall–Kier alpha value is -2.16. The number of hydrogen-bond donors (Lipinski definition) is 1. The molecule has 1 N–H and O–H groups in total. The number of carbonyl (C=O) groups is 1. The predicted molar refractivity (Wildman–Crippen MR) is 118 cm³/mol. The van der Waals surface area contributed by atoms with Crippen LogP contribution in [0.4, 0.5) is 8.78 Å². The van der Waals surface area contributed by atoms with E-state index in [-0.39, 0.29) is 23.0 Å². The van der Waals surface area contributed by atoms with E-state index in [0.717, 1.165) is 18.4 Å². The van der Waals surface area contributed by atoms with Crippen molar-refractivity contribution < 1.29 is 18.3 Å². The summed E-state index contributed by atoms with van der Waals surface area (Å²) in [4.78, 5) is 17.1. The Morgan fingerprint density at radius 2 is 1.90 bits per heavy atom. The van der Waals surface area contributed by atoms with Crippen LogP contribution in [0, 0.1) is 0 Å². The molecule has 1 aromatic heterocycles. The average Bonchev–Trinajstić information content (AvgIpc) is 3.10.